The Balaban J connectivity index is 1.87. The molecule has 1 atom stereocenters. The molecule has 3 rings (SSSR count). The van der Waals surface area contributed by atoms with E-state index in [9.17, 15) is 17.6 Å². The van der Waals surface area contributed by atoms with E-state index < -0.39 is 15.8 Å². The van der Waals surface area contributed by atoms with Crippen molar-refractivity contribution in [1.82, 2.24) is 10.3 Å². The van der Waals surface area contributed by atoms with Crippen LogP contribution in [-0.2, 0) is 10.0 Å². The molecule has 2 N–H and O–H groups in total. The summed E-state index contributed by atoms with van der Waals surface area (Å²) in [5.74, 6) is -0.739. The van der Waals surface area contributed by atoms with Crippen molar-refractivity contribution in [3.05, 3.63) is 71.2 Å². The molecule has 28 heavy (non-hydrogen) atoms. The van der Waals surface area contributed by atoms with E-state index in [4.69, 9.17) is 0 Å². The van der Waals surface area contributed by atoms with E-state index in [-0.39, 0.29) is 11.9 Å². The lowest BCUT2D eigenvalue weighted by atomic mass is 10.0. The second-order valence-corrected chi connectivity index (χ2v) is 8.42. The van der Waals surface area contributed by atoms with Gasteiger partial charge in [0, 0.05) is 22.8 Å². The fraction of sp³-hybridized carbons (Fsp3) is 0.200. The van der Waals surface area contributed by atoms with E-state index in [0.717, 1.165) is 11.8 Å². The highest BCUT2D eigenvalue weighted by molar-refractivity contribution is 7.92. The highest BCUT2D eigenvalue weighted by atomic mass is 32.2. The van der Waals surface area contributed by atoms with E-state index in [0.29, 0.717) is 27.8 Å². The quantitative estimate of drug-likeness (QED) is 0.684. The number of aromatic nitrogens is 1. The molecular weight excluding hydrogens is 381 g/mol. The standard InChI is InChI=1S/C20H20FN3O3S/c1-12-9-18(17-8-7-15(21)11-19(17)22-12)20(25)23-13(2)14-5-4-6-16(10-14)24-28(3,26)27/h4-11,13,24H,1-3H3,(H,23,25). The van der Waals surface area contributed by atoms with Crippen molar-refractivity contribution in [3.8, 4) is 0 Å². The first-order valence-corrected chi connectivity index (χ1v) is 10.5. The molecule has 8 heteroatoms. The largest absolute Gasteiger partial charge is 0.345 e. The second kappa shape index (κ2) is 7.55. The Bertz CT molecular complexity index is 1160. The Morgan fingerprint density at radius 2 is 1.89 bits per heavy atom. The van der Waals surface area contributed by atoms with E-state index in [1.54, 1.807) is 44.2 Å². The maximum absolute atomic E-state index is 13.5. The third-order valence-corrected chi connectivity index (χ3v) is 4.79. The number of pyridine rings is 1. The highest BCUT2D eigenvalue weighted by Gasteiger charge is 2.16. The summed E-state index contributed by atoms with van der Waals surface area (Å²) in [6.45, 7) is 3.54. The average Bonchev–Trinajstić information content (AvgIpc) is 2.59. The van der Waals surface area contributed by atoms with Crippen LogP contribution in [0.3, 0.4) is 0 Å². The first-order valence-electron chi connectivity index (χ1n) is 8.58. The van der Waals surface area contributed by atoms with Crippen molar-refractivity contribution in [1.29, 1.82) is 0 Å². The number of aryl methyl sites for hydroxylation is 1. The molecule has 0 aliphatic rings. The molecule has 0 radical (unpaired) electrons. The number of carbonyl (C=O) groups is 1. The van der Waals surface area contributed by atoms with E-state index in [2.05, 4.69) is 15.0 Å². The molecule has 1 heterocycles. The van der Waals surface area contributed by atoms with Crippen molar-refractivity contribution < 1.29 is 17.6 Å². The average molecular weight is 401 g/mol. The van der Waals surface area contributed by atoms with Crippen LogP contribution in [0.1, 0.15) is 34.6 Å². The zero-order valence-corrected chi connectivity index (χ0v) is 16.5. The molecule has 1 amide bonds. The zero-order valence-electron chi connectivity index (χ0n) is 15.7. The lowest BCUT2D eigenvalue weighted by Crippen LogP contribution is -2.27. The number of sulfonamides is 1. The van der Waals surface area contributed by atoms with Crippen LogP contribution < -0.4 is 10.0 Å². The topological polar surface area (TPSA) is 88.2 Å². The van der Waals surface area contributed by atoms with Gasteiger partial charge in [-0.2, -0.15) is 0 Å². The summed E-state index contributed by atoms with van der Waals surface area (Å²) in [6.07, 6.45) is 1.07. The molecule has 0 bridgehead atoms. The molecule has 1 aromatic heterocycles. The Hall–Kier alpha value is -3.00. The predicted octanol–water partition coefficient (Wildman–Crippen LogP) is 3.54. The molecule has 2 aromatic carbocycles. The minimum Gasteiger partial charge on any atom is -0.345 e. The molecular formula is C20H20FN3O3S. The van der Waals surface area contributed by atoms with Gasteiger partial charge >= 0.3 is 0 Å². The SMILES string of the molecule is Cc1cc(C(=O)NC(C)c2cccc(NS(C)(=O)=O)c2)c2ccc(F)cc2n1. The number of amides is 1. The fourth-order valence-corrected chi connectivity index (χ4v) is 3.52. The lowest BCUT2D eigenvalue weighted by Gasteiger charge is -2.17. The number of fused-ring (bicyclic) bond motifs is 1. The number of rotatable bonds is 5. The molecule has 1 unspecified atom stereocenters. The van der Waals surface area contributed by atoms with E-state index in [1.165, 1.54) is 18.2 Å². The summed E-state index contributed by atoms with van der Waals surface area (Å²) in [5, 5.41) is 3.46. The number of nitrogens with one attached hydrogen (secondary N) is 2. The summed E-state index contributed by atoms with van der Waals surface area (Å²) in [5.41, 5.74) is 2.58. The minimum atomic E-state index is -3.39. The normalized spacial score (nSPS) is 12.6. The summed E-state index contributed by atoms with van der Waals surface area (Å²) in [7, 11) is -3.39. The van der Waals surface area contributed by atoms with Gasteiger partial charge in [0.2, 0.25) is 10.0 Å². The third kappa shape index (κ3) is 4.64. The second-order valence-electron chi connectivity index (χ2n) is 6.67. The van der Waals surface area contributed by atoms with E-state index in [1.807, 2.05) is 0 Å². The number of nitrogens with zero attached hydrogens (tertiary/aromatic N) is 1. The molecule has 0 aliphatic heterocycles. The number of halogens is 1. The smallest absolute Gasteiger partial charge is 0.252 e. The summed E-state index contributed by atoms with van der Waals surface area (Å²) >= 11 is 0. The molecule has 0 fully saturated rings. The van der Waals surface area contributed by atoms with Crippen molar-refractivity contribution in [2.75, 3.05) is 11.0 Å². The summed E-state index contributed by atoms with van der Waals surface area (Å²) < 4.78 is 38.7. The van der Waals surface area contributed by atoms with Gasteiger partial charge in [-0.1, -0.05) is 12.1 Å². The van der Waals surface area contributed by atoms with Crippen LogP contribution in [0.5, 0.6) is 0 Å². The maximum atomic E-state index is 13.5. The van der Waals surface area contributed by atoms with Crippen LogP contribution in [0, 0.1) is 12.7 Å². The molecule has 6 nitrogen and oxygen atoms in total. The zero-order chi connectivity index (χ0) is 20.5. The molecule has 0 saturated carbocycles. The van der Waals surface area contributed by atoms with Gasteiger partial charge in [-0.25, -0.2) is 12.8 Å². The first kappa shape index (κ1) is 19.8. The number of hydrogen-bond acceptors (Lipinski definition) is 4. The van der Waals surface area contributed by atoms with Gasteiger partial charge in [0.15, 0.2) is 0 Å². The van der Waals surface area contributed by atoms with Crippen molar-refractivity contribution in [3.63, 3.8) is 0 Å². The number of hydrogen-bond donors (Lipinski definition) is 2. The summed E-state index contributed by atoms with van der Waals surface area (Å²) in [6, 6.07) is 12.2. The third-order valence-electron chi connectivity index (χ3n) is 4.18. The van der Waals surface area contributed by atoms with Crippen LogP contribution in [0.25, 0.3) is 10.9 Å². The fourth-order valence-electron chi connectivity index (χ4n) is 2.97. The monoisotopic (exact) mass is 401 g/mol. The van der Waals surface area contributed by atoms with Crippen molar-refractivity contribution >= 4 is 32.5 Å². The molecule has 146 valence electrons. The highest BCUT2D eigenvalue weighted by Crippen LogP contribution is 2.22. The first-order chi connectivity index (χ1) is 13.1. The molecule has 0 saturated heterocycles. The predicted molar refractivity (Wildman–Crippen MR) is 107 cm³/mol. The van der Waals surface area contributed by atoms with Crippen LogP contribution in [0.15, 0.2) is 48.5 Å². The van der Waals surface area contributed by atoms with Crippen molar-refractivity contribution in [2.45, 2.75) is 19.9 Å². The van der Waals surface area contributed by atoms with Gasteiger partial charge in [-0.05, 0) is 49.7 Å². The number of carbonyl (C=O) groups excluding carboxylic acids is 1. The van der Waals surface area contributed by atoms with Gasteiger partial charge in [0.25, 0.3) is 5.91 Å². The number of benzene rings is 2. The van der Waals surface area contributed by atoms with Crippen LogP contribution in [0.4, 0.5) is 10.1 Å². The van der Waals surface area contributed by atoms with Gasteiger partial charge in [0.1, 0.15) is 5.82 Å². The van der Waals surface area contributed by atoms with Gasteiger partial charge < -0.3 is 5.32 Å². The summed E-state index contributed by atoms with van der Waals surface area (Å²) in [4.78, 5) is 17.1. The van der Waals surface area contributed by atoms with Crippen LogP contribution in [-0.4, -0.2) is 25.6 Å². The van der Waals surface area contributed by atoms with Gasteiger partial charge in [-0.15, -0.1) is 0 Å². The number of anilines is 1. The van der Waals surface area contributed by atoms with Crippen LogP contribution in [0.2, 0.25) is 0 Å². The molecule has 3 aromatic rings. The van der Waals surface area contributed by atoms with E-state index >= 15 is 0 Å². The Morgan fingerprint density at radius 1 is 1.14 bits per heavy atom. The Labute approximate surface area is 162 Å². The molecule has 0 aliphatic carbocycles. The van der Waals surface area contributed by atoms with Crippen LogP contribution >= 0.6 is 0 Å². The minimum absolute atomic E-state index is 0.323. The molecule has 0 spiro atoms. The van der Waals surface area contributed by atoms with Gasteiger partial charge in [0.05, 0.1) is 23.4 Å². The Kier molecular flexibility index (Phi) is 5.33. The Morgan fingerprint density at radius 3 is 2.61 bits per heavy atom. The maximum Gasteiger partial charge on any atom is 0.252 e. The van der Waals surface area contributed by atoms with Crippen molar-refractivity contribution in [2.24, 2.45) is 0 Å². The lowest BCUT2D eigenvalue weighted by molar-refractivity contribution is 0.0941. The van der Waals surface area contributed by atoms with Gasteiger partial charge in [-0.3, -0.25) is 14.5 Å².